The van der Waals surface area contributed by atoms with Crippen molar-refractivity contribution < 1.29 is 9.47 Å². The van der Waals surface area contributed by atoms with Crippen LogP contribution in [0, 0.1) is 13.8 Å². The molecule has 0 aliphatic rings. The van der Waals surface area contributed by atoms with E-state index in [4.69, 9.17) is 14.5 Å². The first-order valence-electron chi connectivity index (χ1n) is 10.1. The van der Waals surface area contributed by atoms with E-state index in [1.54, 1.807) is 14.2 Å². The zero-order valence-corrected chi connectivity index (χ0v) is 18.8. The van der Waals surface area contributed by atoms with Crippen molar-refractivity contribution in [3.05, 3.63) is 40.7 Å². The van der Waals surface area contributed by atoms with E-state index in [-0.39, 0.29) is 6.04 Å². The minimum Gasteiger partial charge on any atom is -0.497 e. The Hall–Kier alpha value is -2.70. The fraction of sp³-hybridized carbons (Fsp3) is 0.545. The second kappa shape index (κ2) is 10.7. The van der Waals surface area contributed by atoms with Crippen LogP contribution >= 0.6 is 0 Å². The zero-order chi connectivity index (χ0) is 21.4. The van der Waals surface area contributed by atoms with Crippen LogP contribution in [0.1, 0.15) is 36.4 Å². The summed E-state index contributed by atoms with van der Waals surface area (Å²) in [6.07, 6.45) is 1.67. The maximum absolute atomic E-state index is 5.46. The van der Waals surface area contributed by atoms with E-state index in [0.717, 1.165) is 48.1 Å². The van der Waals surface area contributed by atoms with Gasteiger partial charge in [-0.1, -0.05) is 0 Å². The van der Waals surface area contributed by atoms with Crippen molar-refractivity contribution in [2.75, 3.05) is 27.3 Å². The molecule has 1 aromatic carbocycles. The van der Waals surface area contributed by atoms with Crippen molar-refractivity contribution in [1.29, 1.82) is 0 Å². The highest BCUT2D eigenvalue weighted by molar-refractivity contribution is 5.80. The SMILES string of the molecule is CCNC(=NCCc1cc(OC)ccc1OC)NC(C)Cc1c(C)nn(C)c1C. The lowest BCUT2D eigenvalue weighted by Crippen LogP contribution is -2.43. The van der Waals surface area contributed by atoms with Crippen LogP contribution in [0.2, 0.25) is 0 Å². The van der Waals surface area contributed by atoms with Crippen molar-refractivity contribution in [2.45, 2.75) is 46.6 Å². The van der Waals surface area contributed by atoms with Gasteiger partial charge in [0.05, 0.1) is 19.9 Å². The van der Waals surface area contributed by atoms with Gasteiger partial charge in [-0.15, -0.1) is 0 Å². The van der Waals surface area contributed by atoms with Crippen molar-refractivity contribution in [3.8, 4) is 11.5 Å². The number of ether oxygens (including phenoxy) is 2. The number of rotatable bonds is 9. The van der Waals surface area contributed by atoms with Gasteiger partial charge in [0.1, 0.15) is 11.5 Å². The number of methoxy groups -OCH3 is 2. The van der Waals surface area contributed by atoms with Gasteiger partial charge < -0.3 is 20.1 Å². The summed E-state index contributed by atoms with van der Waals surface area (Å²) >= 11 is 0. The average Bonchev–Trinajstić information content (AvgIpc) is 2.94. The third-order valence-corrected chi connectivity index (χ3v) is 5.04. The van der Waals surface area contributed by atoms with Gasteiger partial charge in [-0.3, -0.25) is 9.67 Å². The summed E-state index contributed by atoms with van der Waals surface area (Å²) in [6, 6.07) is 6.08. The van der Waals surface area contributed by atoms with Gasteiger partial charge in [-0.25, -0.2) is 0 Å². The molecule has 1 heterocycles. The number of aryl methyl sites for hydroxylation is 2. The summed E-state index contributed by atoms with van der Waals surface area (Å²) < 4.78 is 12.7. The van der Waals surface area contributed by atoms with Crippen LogP contribution in [0.25, 0.3) is 0 Å². The second-order valence-corrected chi connectivity index (χ2v) is 7.21. The molecule has 0 aliphatic carbocycles. The molecule has 7 heteroatoms. The second-order valence-electron chi connectivity index (χ2n) is 7.21. The Morgan fingerprint density at radius 2 is 2.00 bits per heavy atom. The Labute approximate surface area is 174 Å². The summed E-state index contributed by atoms with van der Waals surface area (Å²) in [6.45, 7) is 9.88. The molecule has 7 nitrogen and oxygen atoms in total. The largest absolute Gasteiger partial charge is 0.497 e. The molecule has 0 saturated heterocycles. The number of nitrogens with zero attached hydrogens (tertiary/aromatic N) is 3. The molecule has 0 saturated carbocycles. The summed E-state index contributed by atoms with van der Waals surface area (Å²) in [5, 5.41) is 11.4. The van der Waals surface area contributed by atoms with E-state index in [2.05, 4.69) is 43.4 Å². The fourth-order valence-corrected chi connectivity index (χ4v) is 3.39. The lowest BCUT2D eigenvalue weighted by atomic mass is 10.1. The van der Waals surface area contributed by atoms with Crippen molar-refractivity contribution in [2.24, 2.45) is 12.0 Å². The van der Waals surface area contributed by atoms with E-state index < -0.39 is 0 Å². The molecule has 160 valence electrons. The molecule has 1 aromatic heterocycles. The summed E-state index contributed by atoms with van der Waals surface area (Å²) in [5.74, 6) is 2.50. The predicted octanol–water partition coefficient (Wildman–Crippen LogP) is 2.78. The van der Waals surface area contributed by atoms with E-state index >= 15 is 0 Å². The Bertz CT molecular complexity index is 829. The van der Waals surface area contributed by atoms with E-state index in [0.29, 0.717) is 6.54 Å². The molecule has 2 rings (SSSR count). The molecule has 1 unspecified atom stereocenters. The Morgan fingerprint density at radius 1 is 1.24 bits per heavy atom. The quantitative estimate of drug-likeness (QED) is 0.499. The van der Waals surface area contributed by atoms with Crippen molar-refractivity contribution in [1.82, 2.24) is 20.4 Å². The monoisotopic (exact) mass is 401 g/mol. The van der Waals surface area contributed by atoms with Gasteiger partial charge in [0.2, 0.25) is 0 Å². The molecule has 0 aliphatic heterocycles. The number of nitrogens with one attached hydrogen (secondary N) is 2. The van der Waals surface area contributed by atoms with Crippen LogP contribution in [0.5, 0.6) is 11.5 Å². The minimum absolute atomic E-state index is 0.237. The van der Waals surface area contributed by atoms with E-state index in [1.165, 1.54) is 11.3 Å². The number of aromatic nitrogens is 2. The topological polar surface area (TPSA) is 72.7 Å². The molecule has 0 radical (unpaired) electrons. The van der Waals surface area contributed by atoms with Crippen LogP contribution < -0.4 is 20.1 Å². The number of benzene rings is 1. The highest BCUT2D eigenvalue weighted by Crippen LogP contribution is 2.24. The Balaban J connectivity index is 2.02. The van der Waals surface area contributed by atoms with Crippen molar-refractivity contribution in [3.63, 3.8) is 0 Å². The van der Waals surface area contributed by atoms with Gasteiger partial charge in [0.15, 0.2) is 5.96 Å². The average molecular weight is 402 g/mol. The minimum atomic E-state index is 0.237. The van der Waals surface area contributed by atoms with Crippen LogP contribution in [0.15, 0.2) is 23.2 Å². The molecular weight excluding hydrogens is 366 g/mol. The third kappa shape index (κ3) is 6.14. The third-order valence-electron chi connectivity index (χ3n) is 5.04. The lowest BCUT2D eigenvalue weighted by Gasteiger charge is -2.18. The lowest BCUT2D eigenvalue weighted by molar-refractivity contribution is 0.399. The number of hydrogen-bond acceptors (Lipinski definition) is 4. The van der Waals surface area contributed by atoms with Gasteiger partial charge in [-0.2, -0.15) is 5.10 Å². The molecule has 2 aromatic rings. The molecule has 1 atom stereocenters. The molecule has 2 N–H and O–H groups in total. The highest BCUT2D eigenvalue weighted by Gasteiger charge is 2.14. The predicted molar refractivity (Wildman–Crippen MR) is 118 cm³/mol. The van der Waals surface area contributed by atoms with Crippen LogP contribution in [-0.4, -0.2) is 49.1 Å². The normalized spacial score (nSPS) is 12.6. The molecular formula is C22H35N5O2. The summed E-state index contributed by atoms with van der Waals surface area (Å²) in [5.41, 5.74) is 4.68. The maximum Gasteiger partial charge on any atom is 0.191 e. The van der Waals surface area contributed by atoms with Gasteiger partial charge in [-0.05, 0) is 69.9 Å². The van der Waals surface area contributed by atoms with Crippen molar-refractivity contribution >= 4 is 5.96 Å². The fourth-order valence-electron chi connectivity index (χ4n) is 3.39. The molecule has 29 heavy (non-hydrogen) atoms. The van der Waals surface area contributed by atoms with E-state index in [9.17, 15) is 0 Å². The highest BCUT2D eigenvalue weighted by atomic mass is 16.5. The van der Waals surface area contributed by atoms with Crippen LogP contribution in [0.3, 0.4) is 0 Å². The Kier molecular flexibility index (Phi) is 8.36. The molecule has 0 fully saturated rings. The number of guanidine groups is 1. The first kappa shape index (κ1) is 22.6. The smallest absolute Gasteiger partial charge is 0.191 e. The molecule has 0 bridgehead atoms. The Morgan fingerprint density at radius 3 is 2.59 bits per heavy atom. The van der Waals surface area contributed by atoms with Gasteiger partial charge >= 0.3 is 0 Å². The van der Waals surface area contributed by atoms with Gasteiger partial charge in [0.25, 0.3) is 0 Å². The van der Waals surface area contributed by atoms with Crippen LogP contribution in [-0.2, 0) is 19.9 Å². The van der Waals surface area contributed by atoms with Crippen LogP contribution in [0.4, 0.5) is 0 Å². The number of aliphatic imine (C=N–C) groups is 1. The molecule has 0 amide bonds. The standard InChI is InChI=1S/C22H35N5O2/c1-8-23-22(25-15(2)13-20-16(3)26-27(5)17(20)4)24-12-11-18-14-19(28-6)9-10-21(18)29-7/h9-10,14-15H,8,11-13H2,1-7H3,(H2,23,24,25). The number of hydrogen-bond donors (Lipinski definition) is 2. The van der Waals surface area contributed by atoms with Gasteiger partial charge in [0, 0.05) is 31.9 Å². The van der Waals surface area contributed by atoms with E-state index in [1.807, 2.05) is 29.9 Å². The summed E-state index contributed by atoms with van der Waals surface area (Å²) in [7, 11) is 5.34. The first-order chi connectivity index (χ1) is 13.9. The summed E-state index contributed by atoms with van der Waals surface area (Å²) in [4.78, 5) is 4.75. The first-order valence-corrected chi connectivity index (χ1v) is 10.1. The molecule has 0 spiro atoms. The zero-order valence-electron chi connectivity index (χ0n) is 18.8. The maximum atomic E-state index is 5.46.